The number of hydrogen-bond acceptors (Lipinski definition) is 7. The summed E-state index contributed by atoms with van der Waals surface area (Å²) in [5.41, 5.74) is 1.73. The molecule has 0 saturated carbocycles. The maximum absolute atomic E-state index is 11.5. The first-order valence-corrected chi connectivity index (χ1v) is 7.36. The molecule has 2 aliphatic rings. The second kappa shape index (κ2) is 6.87. The molecule has 0 aliphatic carbocycles. The van der Waals surface area contributed by atoms with Gasteiger partial charge in [-0.15, -0.1) is 0 Å². The SMILES string of the molecule is CCOC(=O)/C=C/c1ccccc1NC1N=CN=C2NC=NC21. The Morgan fingerprint density at radius 3 is 3.13 bits per heavy atom. The van der Waals surface area contributed by atoms with E-state index in [-0.39, 0.29) is 18.2 Å². The summed E-state index contributed by atoms with van der Waals surface area (Å²) in [4.78, 5) is 24.3. The molecule has 7 heteroatoms. The summed E-state index contributed by atoms with van der Waals surface area (Å²) in [5.74, 6) is 0.411. The van der Waals surface area contributed by atoms with Crippen molar-refractivity contribution in [2.75, 3.05) is 11.9 Å². The van der Waals surface area contributed by atoms with Gasteiger partial charge < -0.3 is 15.4 Å². The predicted octanol–water partition coefficient (Wildman–Crippen LogP) is 1.44. The molecule has 0 spiro atoms. The molecule has 7 nitrogen and oxygen atoms in total. The first-order chi connectivity index (χ1) is 11.3. The molecule has 0 saturated heterocycles. The van der Waals surface area contributed by atoms with Crippen LogP contribution in [0.3, 0.4) is 0 Å². The predicted molar refractivity (Wildman–Crippen MR) is 90.9 cm³/mol. The van der Waals surface area contributed by atoms with Crippen molar-refractivity contribution in [1.29, 1.82) is 0 Å². The topological polar surface area (TPSA) is 87.4 Å². The minimum absolute atomic E-state index is 0.165. The molecule has 2 heterocycles. The molecule has 1 aromatic rings. The summed E-state index contributed by atoms with van der Waals surface area (Å²) in [6.07, 6.45) is 6.03. The molecule has 23 heavy (non-hydrogen) atoms. The lowest BCUT2D eigenvalue weighted by Gasteiger charge is -2.23. The number of anilines is 1. The molecule has 2 aliphatic heterocycles. The van der Waals surface area contributed by atoms with E-state index in [1.165, 1.54) is 12.4 Å². The van der Waals surface area contributed by atoms with Crippen LogP contribution in [0.1, 0.15) is 12.5 Å². The smallest absolute Gasteiger partial charge is 0.330 e. The minimum atomic E-state index is -0.364. The molecule has 0 bridgehead atoms. The van der Waals surface area contributed by atoms with Crippen LogP contribution in [0.15, 0.2) is 45.3 Å². The quantitative estimate of drug-likeness (QED) is 0.636. The van der Waals surface area contributed by atoms with E-state index < -0.39 is 0 Å². The van der Waals surface area contributed by atoms with Crippen LogP contribution in [-0.4, -0.2) is 43.3 Å². The van der Waals surface area contributed by atoms with Crippen LogP contribution in [0.4, 0.5) is 5.69 Å². The second-order valence-corrected chi connectivity index (χ2v) is 4.91. The van der Waals surface area contributed by atoms with E-state index in [2.05, 4.69) is 25.6 Å². The van der Waals surface area contributed by atoms with Crippen LogP contribution in [0.5, 0.6) is 0 Å². The van der Waals surface area contributed by atoms with E-state index >= 15 is 0 Å². The number of ether oxygens (including phenoxy) is 1. The van der Waals surface area contributed by atoms with Crippen molar-refractivity contribution in [3.63, 3.8) is 0 Å². The molecule has 0 aromatic heterocycles. The molecule has 2 N–H and O–H groups in total. The van der Waals surface area contributed by atoms with Gasteiger partial charge in [-0.2, -0.15) is 0 Å². The molecule has 0 radical (unpaired) electrons. The number of hydrogen-bond donors (Lipinski definition) is 2. The number of aliphatic imine (C=N–C) groups is 3. The van der Waals surface area contributed by atoms with E-state index in [4.69, 9.17) is 4.74 Å². The lowest BCUT2D eigenvalue weighted by atomic mass is 10.1. The van der Waals surface area contributed by atoms with Gasteiger partial charge in [-0.3, -0.25) is 4.99 Å². The largest absolute Gasteiger partial charge is 0.463 e. The van der Waals surface area contributed by atoms with Crippen LogP contribution in [0.25, 0.3) is 6.08 Å². The van der Waals surface area contributed by atoms with Crippen LogP contribution in [0.2, 0.25) is 0 Å². The standard InChI is InChI=1S/C16H17N5O2/c1-2-23-13(22)8-7-11-5-3-4-6-12(11)21-16-14-15(18-9-17-14)19-10-20-16/h3-10,14,16,21H,2H2,1H3,(H,17,18,19,20)/b8-7+. The van der Waals surface area contributed by atoms with Crippen molar-refractivity contribution in [3.8, 4) is 0 Å². The zero-order valence-electron chi connectivity index (χ0n) is 12.6. The van der Waals surface area contributed by atoms with Gasteiger partial charge in [-0.05, 0) is 24.6 Å². The molecular formula is C16H17N5O2. The molecule has 3 rings (SSSR count). The van der Waals surface area contributed by atoms with Gasteiger partial charge in [0.2, 0.25) is 0 Å². The zero-order valence-corrected chi connectivity index (χ0v) is 12.6. The van der Waals surface area contributed by atoms with Gasteiger partial charge in [0.15, 0.2) is 6.17 Å². The Kier molecular flexibility index (Phi) is 4.46. The fourth-order valence-corrected chi connectivity index (χ4v) is 2.33. The Bertz CT molecular complexity index is 708. The lowest BCUT2D eigenvalue weighted by molar-refractivity contribution is -0.137. The average Bonchev–Trinajstić information content (AvgIpc) is 3.04. The lowest BCUT2D eigenvalue weighted by Crippen LogP contribution is -2.41. The first-order valence-electron chi connectivity index (χ1n) is 7.36. The molecule has 0 fully saturated rings. The fourth-order valence-electron chi connectivity index (χ4n) is 2.33. The summed E-state index contributed by atoms with van der Waals surface area (Å²) in [5, 5.41) is 6.34. The first kappa shape index (κ1) is 15.0. The third-order valence-electron chi connectivity index (χ3n) is 3.40. The Labute approximate surface area is 133 Å². The van der Waals surface area contributed by atoms with Gasteiger partial charge >= 0.3 is 5.97 Å². The maximum Gasteiger partial charge on any atom is 0.330 e. The van der Waals surface area contributed by atoms with Gasteiger partial charge in [0.1, 0.15) is 18.2 Å². The van der Waals surface area contributed by atoms with Crippen LogP contribution in [-0.2, 0) is 9.53 Å². The fraction of sp³-hybridized carbons (Fsp3) is 0.250. The number of esters is 1. The van der Waals surface area contributed by atoms with E-state index in [0.717, 1.165) is 17.1 Å². The highest BCUT2D eigenvalue weighted by atomic mass is 16.5. The Balaban J connectivity index is 1.76. The van der Waals surface area contributed by atoms with Gasteiger partial charge in [-0.25, -0.2) is 14.8 Å². The average molecular weight is 311 g/mol. The van der Waals surface area contributed by atoms with Gasteiger partial charge in [-0.1, -0.05) is 18.2 Å². The van der Waals surface area contributed by atoms with Crippen molar-refractivity contribution < 1.29 is 9.53 Å². The van der Waals surface area contributed by atoms with E-state index in [1.807, 2.05) is 24.3 Å². The van der Waals surface area contributed by atoms with Crippen molar-refractivity contribution in [1.82, 2.24) is 5.32 Å². The molecule has 118 valence electrons. The third kappa shape index (κ3) is 3.45. The third-order valence-corrected chi connectivity index (χ3v) is 3.40. The summed E-state index contributed by atoms with van der Waals surface area (Å²) >= 11 is 0. The molecule has 2 unspecified atom stereocenters. The maximum atomic E-state index is 11.5. The number of carbonyl (C=O) groups excluding carboxylic acids is 1. The van der Waals surface area contributed by atoms with Crippen molar-refractivity contribution >= 4 is 36.2 Å². The Morgan fingerprint density at radius 1 is 1.39 bits per heavy atom. The summed E-state index contributed by atoms with van der Waals surface area (Å²) in [7, 11) is 0. The summed E-state index contributed by atoms with van der Waals surface area (Å²) in [6, 6.07) is 7.50. The molecule has 1 aromatic carbocycles. The van der Waals surface area contributed by atoms with Gasteiger partial charge in [0.05, 0.1) is 12.9 Å². The van der Waals surface area contributed by atoms with E-state index in [0.29, 0.717) is 6.61 Å². The second-order valence-electron chi connectivity index (χ2n) is 4.91. The molecular weight excluding hydrogens is 294 g/mol. The Morgan fingerprint density at radius 2 is 2.26 bits per heavy atom. The highest BCUT2D eigenvalue weighted by Gasteiger charge is 2.30. The van der Waals surface area contributed by atoms with Crippen LogP contribution in [0, 0.1) is 0 Å². The Hall–Kier alpha value is -2.96. The number of nitrogens with zero attached hydrogens (tertiary/aromatic N) is 3. The zero-order chi connectivity index (χ0) is 16.1. The van der Waals surface area contributed by atoms with Crippen molar-refractivity contribution in [3.05, 3.63) is 35.9 Å². The number of carbonyl (C=O) groups is 1. The number of nitrogens with one attached hydrogen (secondary N) is 2. The number of amidine groups is 1. The number of fused-ring (bicyclic) bond motifs is 1. The van der Waals surface area contributed by atoms with Crippen LogP contribution < -0.4 is 10.6 Å². The normalized spacial score (nSPS) is 21.7. The van der Waals surface area contributed by atoms with Crippen molar-refractivity contribution in [2.45, 2.75) is 19.1 Å². The number of para-hydroxylation sites is 1. The number of benzene rings is 1. The highest BCUT2D eigenvalue weighted by Crippen LogP contribution is 2.21. The van der Waals surface area contributed by atoms with Gasteiger partial charge in [0.25, 0.3) is 0 Å². The molecule has 0 amide bonds. The van der Waals surface area contributed by atoms with Crippen molar-refractivity contribution in [2.24, 2.45) is 15.0 Å². The minimum Gasteiger partial charge on any atom is -0.463 e. The monoisotopic (exact) mass is 311 g/mol. The summed E-state index contributed by atoms with van der Waals surface area (Å²) < 4.78 is 4.90. The van der Waals surface area contributed by atoms with Crippen LogP contribution >= 0.6 is 0 Å². The van der Waals surface area contributed by atoms with Gasteiger partial charge in [0, 0.05) is 11.8 Å². The number of rotatable bonds is 5. The van der Waals surface area contributed by atoms with E-state index in [1.54, 1.807) is 19.3 Å². The highest BCUT2D eigenvalue weighted by molar-refractivity contribution is 6.05. The van der Waals surface area contributed by atoms with E-state index in [9.17, 15) is 4.79 Å². The summed E-state index contributed by atoms with van der Waals surface area (Å²) in [6.45, 7) is 2.13. The molecule has 2 atom stereocenters.